The molecule has 1 aliphatic rings. The van der Waals surface area contributed by atoms with Crippen LogP contribution < -0.4 is 4.74 Å². The Morgan fingerprint density at radius 3 is 2.83 bits per heavy atom. The monoisotopic (exact) mass is 342 g/mol. The van der Waals surface area contributed by atoms with E-state index < -0.39 is 11.7 Å². The molecule has 1 saturated heterocycles. The molecule has 0 saturated carbocycles. The van der Waals surface area contributed by atoms with Crippen LogP contribution in [-0.4, -0.2) is 42.3 Å². The van der Waals surface area contributed by atoms with E-state index in [0.717, 1.165) is 30.9 Å². The van der Waals surface area contributed by atoms with Gasteiger partial charge in [0.2, 0.25) is 5.88 Å². The van der Waals surface area contributed by atoms with Gasteiger partial charge in [-0.1, -0.05) is 0 Å². The van der Waals surface area contributed by atoms with E-state index in [9.17, 15) is 13.2 Å². The van der Waals surface area contributed by atoms with Gasteiger partial charge in [0.05, 0.1) is 24.7 Å². The molecule has 0 bridgehead atoms. The molecule has 0 spiro atoms. The van der Waals surface area contributed by atoms with E-state index in [-0.39, 0.29) is 18.6 Å². The van der Waals surface area contributed by atoms with E-state index >= 15 is 0 Å². The van der Waals surface area contributed by atoms with Crippen LogP contribution in [-0.2, 0) is 17.5 Å². The molecule has 0 aromatic carbocycles. The second-order valence-electron chi connectivity index (χ2n) is 5.55. The van der Waals surface area contributed by atoms with Crippen LogP contribution in [0.25, 0.3) is 0 Å². The number of nitrogens with zero attached hydrogens (tertiary/aromatic N) is 2. The Labute approximate surface area is 137 Å². The Kier molecular flexibility index (Phi) is 5.06. The van der Waals surface area contributed by atoms with Crippen LogP contribution in [0.4, 0.5) is 13.2 Å². The van der Waals surface area contributed by atoms with Crippen molar-refractivity contribution in [1.82, 2.24) is 9.88 Å². The highest BCUT2D eigenvalue weighted by molar-refractivity contribution is 5.20. The maximum Gasteiger partial charge on any atom is 0.417 e. The number of ether oxygens (including phenoxy) is 2. The van der Waals surface area contributed by atoms with E-state index in [0.29, 0.717) is 13.2 Å². The highest BCUT2D eigenvalue weighted by atomic mass is 19.4. The lowest BCUT2D eigenvalue weighted by molar-refractivity contribution is -0.137. The average Bonchev–Trinajstić information content (AvgIpc) is 3.06. The van der Waals surface area contributed by atoms with Gasteiger partial charge in [0.25, 0.3) is 0 Å². The summed E-state index contributed by atoms with van der Waals surface area (Å²) >= 11 is 0. The van der Waals surface area contributed by atoms with Gasteiger partial charge in [0, 0.05) is 37.5 Å². The lowest BCUT2D eigenvalue weighted by Crippen LogP contribution is -2.44. The van der Waals surface area contributed by atoms with E-state index in [4.69, 9.17) is 13.9 Å². The molecule has 2 aromatic heterocycles. The maximum atomic E-state index is 12.5. The van der Waals surface area contributed by atoms with Gasteiger partial charge in [-0.15, -0.1) is 0 Å². The summed E-state index contributed by atoms with van der Waals surface area (Å²) in [5.41, 5.74) is 0.288. The lowest BCUT2D eigenvalue weighted by atomic mass is 10.2. The number of alkyl halides is 3. The van der Waals surface area contributed by atoms with Crippen molar-refractivity contribution in [2.24, 2.45) is 0 Å². The summed E-state index contributed by atoms with van der Waals surface area (Å²) in [7, 11) is 0. The SMILES string of the molecule is FC(F)(F)c1ccc(OCC2CN(Cc3ccoc3)CCO2)nc1. The van der Waals surface area contributed by atoms with E-state index in [1.165, 1.54) is 6.07 Å². The van der Waals surface area contributed by atoms with Crippen LogP contribution in [0.1, 0.15) is 11.1 Å². The maximum absolute atomic E-state index is 12.5. The summed E-state index contributed by atoms with van der Waals surface area (Å²) in [6.45, 7) is 3.05. The summed E-state index contributed by atoms with van der Waals surface area (Å²) < 4.78 is 53.6. The fourth-order valence-electron chi connectivity index (χ4n) is 2.48. The Morgan fingerprint density at radius 1 is 1.29 bits per heavy atom. The molecule has 130 valence electrons. The molecule has 2 aromatic rings. The molecule has 0 amide bonds. The van der Waals surface area contributed by atoms with Crippen molar-refractivity contribution in [2.75, 3.05) is 26.3 Å². The molecule has 5 nitrogen and oxygen atoms in total. The normalized spacial score (nSPS) is 19.4. The standard InChI is InChI=1S/C16H17F3N2O3/c17-16(18,19)13-1-2-15(20-7-13)24-11-14-9-21(4-6-23-14)8-12-3-5-22-10-12/h1-3,5,7,10,14H,4,6,8-9,11H2. The summed E-state index contributed by atoms with van der Waals surface area (Å²) in [4.78, 5) is 5.90. The molecule has 3 heterocycles. The Hall–Kier alpha value is -2.06. The van der Waals surface area contributed by atoms with Crippen molar-refractivity contribution in [3.63, 3.8) is 0 Å². The zero-order valence-corrected chi connectivity index (χ0v) is 12.8. The van der Waals surface area contributed by atoms with Crippen LogP contribution in [0.15, 0.2) is 41.3 Å². The largest absolute Gasteiger partial charge is 0.475 e. The number of hydrogen-bond donors (Lipinski definition) is 0. The average molecular weight is 342 g/mol. The molecule has 1 atom stereocenters. The van der Waals surface area contributed by atoms with Gasteiger partial charge in [0.15, 0.2) is 0 Å². The van der Waals surface area contributed by atoms with Crippen LogP contribution in [0.3, 0.4) is 0 Å². The van der Waals surface area contributed by atoms with E-state index in [2.05, 4.69) is 9.88 Å². The van der Waals surface area contributed by atoms with E-state index in [1.807, 2.05) is 6.07 Å². The van der Waals surface area contributed by atoms with Gasteiger partial charge >= 0.3 is 6.18 Å². The smallest absolute Gasteiger partial charge is 0.417 e. The highest BCUT2D eigenvalue weighted by Crippen LogP contribution is 2.29. The summed E-state index contributed by atoms with van der Waals surface area (Å²) in [5.74, 6) is 0.151. The Morgan fingerprint density at radius 2 is 2.17 bits per heavy atom. The van der Waals surface area contributed by atoms with Gasteiger partial charge in [-0.2, -0.15) is 13.2 Å². The number of halogens is 3. The first kappa shape index (κ1) is 16.8. The first-order valence-corrected chi connectivity index (χ1v) is 7.52. The van der Waals surface area contributed by atoms with Crippen molar-refractivity contribution in [1.29, 1.82) is 0 Å². The lowest BCUT2D eigenvalue weighted by Gasteiger charge is -2.32. The third-order valence-corrected chi connectivity index (χ3v) is 3.69. The molecular formula is C16H17F3N2O3. The number of pyridine rings is 1. The molecule has 3 rings (SSSR count). The molecule has 24 heavy (non-hydrogen) atoms. The van der Waals surface area contributed by atoms with Crippen molar-refractivity contribution < 1.29 is 27.1 Å². The van der Waals surface area contributed by atoms with Crippen molar-refractivity contribution in [2.45, 2.75) is 18.8 Å². The summed E-state index contributed by atoms with van der Waals surface area (Å²) in [5, 5.41) is 0. The first-order valence-electron chi connectivity index (χ1n) is 7.52. The molecule has 0 radical (unpaired) electrons. The summed E-state index contributed by atoms with van der Waals surface area (Å²) in [6, 6.07) is 4.08. The Balaban J connectivity index is 1.49. The minimum Gasteiger partial charge on any atom is -0.475 e. The van der Waals surface area contributed by atoms with Gasteiger partial charge in [0.1, 0.15) is 12.7 Å². The van der Waals surface area contributed by atoms with Crippen molar-refractivity contribution in [3.8, 4) is 5.88 Å². The fourth-order valence-corrected chi connectivity index (χ4v) is 2.48. The predicted octanol–water partition coefficient (Wildman–Crippen LogP) is 2.97. The van der Waals surface area contributed by atoms with Crippen molar-refractivity contribution >= 4 is 0 Å². The predicted molar refractivity (Wildman–Crippen MR) is 78.5 cm³/mol. The molecule has 1 unspecified atom stereocenters. The molecule has 1 fully saturated rings. The second-order valence-corrected chi connectivity index (χ2v) is 5.55. The van der Waals surface area contributed by atoms with Gasteiger partial charge in [-0.05, 0) is 12.1 Å². The molecular weight excluding hydrogens is 325 g/mol. The van der Waals surface area contributed by atoms with Gasteiger partial charge in [-0.3, -0.25) is 4.90 Å². The number of hydrogen-bond acceptors (Lipinski definition) is 5. The summed E-state index contributed by atoms with van der Waals surface area (Å²) in [6.07, 6.45) is -0.456. The molecule has 0 aliphatic carbocycles. The Bertz CT molecular complexity index is 629. The number of morpholine rings is 1. The third-order valence-electron chi connectivity index (χ3n) is 3.69. The van der Waals surface area contributed by atoms with Gasteiger partial charge in [-0.25, -0.2) is 4.98 Å². The van der Waals surface area contributed by atoms with Crippen LogP contribution in [0, 0.1) is 0 Å². The zero-order valence-electron chi connectivity index (χ0n) is 12.8. The number of rotatable bonds is 5. The quantitative estimate of drug-likeness (QED) is 0.836. The third kappa shape index (κ3) is 4.48. The highest BCUT2D eigenvalue weighted by Gasteiger charge is 2.30. The second kappa shape index (κ2) is 7.23. The topological polar surface area (TPSA) is 47.7 Å². The fraction of sp³-hybridized carbons (Fsp3) is 0.438. The minimum atomic E-state index is -4.40. The molecule has 8 heteroatoms. The minimum absolute atomic E-state index is 0.151. The number of aromatic nitrogens is 1. The van der Waals surface area contributed by atoms with Crippen LogP contribution in [0.5, 0.6) is 5.88 Å². The van der Waals surface area contributed by atoms with Crippen LogP contribution in [0.2, 0.25) is 0 Å². The van der Waals surface area contributed by atoms with Crippen LogP contribution >= 0.6 is 0 Å². The van der Waals surface area contributed by atoms with Crippen molar-refractivity contribution in [3.05, 3.63) is 48.0 Å². The first-order chi connectivity index (χ1) is 11.5. The van der Waals surface area contributed by atoms with E-state index in [1.54, 1.807) is 12.5 Å². The molecule has 1 aliphatic heterocycles. The molecule has 0 N–H and O–H groups in total. The zero-order chi connectivity index (χ0) is 17.0. The number of furan rings is 1. The van der Waals surface area contributed by atoms with Gasteiger partial charge < -0.3 is 13.9 Å².